The number of imide groups is 1. The van der Waals surface area contributed by atoms with Gasteiger partial charge >= 0.3 is 0 Å². The van der Waals surface area contributed by atoms with Crippen molar-refractivity contribution in [3.8, 4) is 22.8 Å². The summed E-state index contributed by atoms with van der Waals surface area (Å²) in [5.74, 6) is 2.01. The van der Waals surface area contributed by atoms with Crippen LogP contribution in [-0.2, 0) is 29.0 Å². The maximum Gasteiger partial charge on any atom is 0.255 e. The number of para-hydroxylation sites is 1. The van der Waals surface area contributed by atoms with Crippen LogP contribution in [0.15, 0.2) is 108 Å². The number of nitrogens with zero attached hydrogens (tertiary/aromatic N) is 6. The molecule has 0 aliphatic carbocycles. The fourth-order valence-corrected chi connectivity index (χ4v) is 9.40. The number of piperidine rings is 2. The summed E-state index contributed by atoms with van der Waals surface area (Å²) < 4.78 is 8.08. The number of rotatable bonds is 12. The Morgan fingerprint density at radius 3 is 2.41 bits per heavy atom. The fraction of sp³-hybridized carbons (Fsp3) is 0.289. The number of hydrogen-bond donors (Lipinski definition) is 2. The van der Waals surface area contributed by atoms with Crippen molar-refractivity contribution in [1.29, 1.82) is 0 Å². The predicted molar refractivity (Wildman–Crippen MR) is 223 cm³/mol. The molecular formula is C45H44N8O4S. The average Bonchev–Trinajstić information content (AvgIpc) is 3.81. The quantitative estimate of drug-likeness (QED) is 0.0997. The minimum atomic E-state index is -0.609. The highest BCUT2D eigenvalue weighted by Gasteiger charge is 2.40. The maximum atomic E-state index is 13.2. The van der Waals surface area contributed by atoms with E-state index in [2.05, 4.69) is 55.2 Å². The molecule has 3 aliphatic heterocycles. The van der Waals surface area contributed by atoms with Crippen LogP contribution in [0.2, 0.25) is 0 Å². The molecular weight excluding hydrogens is 749 g/mol. The minimum Gasteiger partial charge on any atom is -0.457 e. The van der Waals surface area contributed by atoms with Crippen LogP contribution >= 0.6 is 11.8 Å². The van der Waals surface area contributed by atoms with E-state index in [-0.39, 0.29) is 30.2 Å². The van der Waals surface area contributed by atoms with Gasteiger partial charge in [-0.25, -0.2) is 14.6 Å². The van der Waals surface area contributed by atoms with Crippen LogP contribution in [0.1, 0.15) is 58.8 Å². The number of nitrogens with two attached hydrogens (primary N) is 1. The van der Waals surface area contributed by atoms with E-state index in [0.717, 1.165) is 95.3 Å². The van der Waals surface area contributed by atoms with Crippen molar-refractivity contribution < 1.29 is 19.1 Å². The van der Waals surface area contributed by atoms with Gasteiger partial charge in [-0.05, 0) is 104 Å². The minimum absolute atomic E-state index is 0.140. The summed E-state index contributed by atoms with van der Waals surface area (Å²) >= 11 is 1.74. The number of nitrogen functional groups attached to an aromatic ring is 1. The molecule has 9 rings (SSSR count). The fourth-order valence-electron chi connectivity index (χ4n) is 8.32. The predicted octanol–water partition coefficient (Wildman–Crippen LogP) is 6.84. The van der Waals surface area contributed by atoms with E-state index in [1.54, 1.807) is 16.7 Å². The number of anilines is 1. The van der Waals surface area contributed by atoms with Crippen molar-refractivity contribution in [2.75, 3.05) is 31.1 Å². The van der Waals surface area contributed by atoms with Gasteiger partial charge in [-0.3, -0.25) is 19.7 Å². The zero-order valence-electron chi connectivity index (χ0n) is 32.0. The Bertz CT molecular complexity index is 2470. The molecule has 6 aromatic rings. The van der Waals surface area contributed by atoms with Gasteiger partial charge in [0.2, 0.25) is 11.8 Å². The van der Waals surface area contributed by atoms with E-state index < -0.39 is 6.04 Å². The third kappa shape index (κ3) is 7.79. The van der Waals surface area contributed by atoms with Crippen LogP contribution in [0, 0.1) is 0 Å². The zero-order valence-corrected chi connectivity index (χ0v) is 32.9. The Morgan fingerprint density at radius 2 is 1.62 bits per heavy atom. The van der Waals surface area contributed by atoms with Crippen molar-refractivity contribution in [3.05, 3.63) is 126 Å². The zero-order chi connectivity index (χ0) is 39.6. The SMILES string of the molecule is Nc1ncnc2c1c(-c1ccc(Oc3ccccc3)cc1)nn2C1CCCN(CCc2ccc(CCSc3cccc4c3CN(C3CCC(=O)NC3=O)C4=O)cc2)C1. The first-order chi connectivity index (χ1) is 28.4. The number of aryl methyl sites for hydroxylation is 1. The molecule has 4 aromatic carbocycles. The number of carbonyl (C=O) groups excluding carboxylic acids is 3. The molecule has 3 aliphatic rings. The molecule has 58 heavy (non-hydrogen) atoms. The molecule has 0 bridgehead atoms. The topological polar surface area (TPSA) is 149 Å². The van der Waals surface area contributed by atoms with E-state index >= 15 is 0 Å². The highest BCUT2D eigenvalue weighted by molar-refractivity contribution is 7.99. The number of thioether (sulfide) groups is 1. The van der Waals surface area contributed by atoms with Crippen molar-refractivity contribution in [2.24, 2.45) is 0 Å². The number of fused-ring (bicyclic) bond motifs is 2. The molecule has 0 saturated carbocycles. The summed E-state index contributed by atoms with van der Waals surface area (Å²) in [6.45, 7) is 3.25. The largest absolute Gasteiger partial charge is 0.457 e. The molecule has 2 fully saturated rings. The number of ether oxygens (including phenoxy) is 1. The molecule has 12 nitrogen and oxygen atoms in total. The number of nitrogens with one attached hydrogen (secondary N) is 1. The Kier molecular flexibility index (Phi) is 10.6. The van der Waals surface area contributed by atoms with Crippen LogP contribution < -0.4 is 15.8 Å². The lowest BCUT2D eigenvalue weighted by Crippen LogP contribution is -2.52. The third-order valence-electron chi connectivity index (χ3n) is 11.4. The highest BCUT2D eigenvalue weighted by atomic mass is 32.2. The van der Waals surface area contributed by atoms with E-state index in [1.807, 2.05) is 66.7 Å². The summed E-state index contributed by atoms with van der Waals surface area (Å²) in [5.41, 5.74) is 13.1. The molecule has 3 amide bonds. The number of hydrogen-bond acceptors (Lipinski definition) is 10. The van der Waals surface area contributed by atoms with Crippen LogP contribution in [0.5, 0.6) is 11.5 Å². The molecule has 2 aromatic heterocycles. The summed E-state index contributed by atoms with van der Waals surface area (Å²) in [6.07, 6.45) is 6.05. The lowest BCUT2D eigenvalue weighted by atomic mass is 10.0. The molecule has 2 saturated heterocycles. The number of carbonyl (C=O) groups is 3. The Hall–Kier alpha value is -6.05. The monoisotopic (exact) mass is 792 g/mol. The van der Waals surface area contributed by atoms with E-state index in [0.29, 0.717) is 24.3 Å². The maximum absolute atomic E-state index is 13.2. The van der Waals surface area contributed by atoms with Gasteiger partial charge in [0, 0.05) is 47.8 Å². The summed E-state index contributed by atoms with van der Waals surface area (Å²) in [4.78, 5) is 51.6. The van der Waals surface area contributed by atoms with Crippen LogP contribution in [0.4, 0.5) is 5.82 Å². The normalized spacial score (nSPS) is 18.4. The smallest absolute Gasteiger partial charge is 0.255 e. The van der Waals surface area contributed by atoms with Gasteiger partial charge in [-0.2, -0.15) is 5.10 Å². The van der Waals surface area contributed by atoms with Gasteiger partial charge in [0.05, 0.1) is 11.4 Å². The van der Waals surface area contributed by atoms with Gasteiger partial charge < -0.3 is 20.3 Å². The van der Waals surface area contributed by atoms with Crippen LogP contribution in [0.3, 0.4) is 0 Å². The second-order valence-corrected chi connectivity index (χ2v) is 16.3. The molecule has 0 spiro atoms. The first kappa shape index (κ1) is 37.5. The summed E-state index contributed by atoms with van der Waals surface area (Å²) in [6, 6.07) is 31.9. The molecule has 5 heterocycles. The van der Waals surface area contributed by atoms with Crippen molar-refractivity contribution >= 4 is 46.3 Å². The van der Waals surface area contributed by atoms with Crippen molar-refractivity contribution in [1.82, 2.24) is 34.9 Å². The molecule has 294 valence electrons. The number of aromatic nitrogens is 4. The highest BCUT2D eigenvalue weighted by Crippen LogP contribution is 2.36. The molecule has 0 radical (unpaired) electrons. The van der Waals surface area contributed by atoms with Gasteiger partial charge in [-0.15, -0.1) is 11.8 Å². The van der Waals surface area contributed by atoms with Crippen LogP contribution in [0.25, 0.3) is 22.3 Å². The van der Waals surface area contributed by atoms with Gasteiger partial charge in [-0.1, -0.05) is 48.5 Å². The van der Waals surface area contributed by atoms with E-state index in [4.69, 9.17) is 15.6 Å². The van der Waals surface area contributed by atoms with Gasteiger partial charge in [0.1, 0.15) is 35.4 Å². The summed E-state index contributed by atoms with van der Waals surface area (Å²) in [7, 11) is 0. The summed E-state index contributed by atoms with van der Waals surface area (Å²) in [5, 5.41) is 8.29. The average molecular weight is 793 g/mol. The molecule has 13 heteroatoms. The Morgan fingerprint density at radius 1 is 0.845 bits per heavy atom. The standard InChI is InChI=1S/C45H44N8O4S/c46-42-40-41(31-15-17-34(18-16-31)57-33-7-2-1-3-8-33)50-53(43(40)48-28-47-42)32-6-5-23-51(26-32)24-21-29-11-13-30(14-12-29)22-25-58-38-10-4-9-35-36(38)27-52(45(35)56)37-19-20-39(54)49-44(37)55/h1-4,7-18,28,32,37H,5-6,19-27H2,(H2,46,47,48)(H,49,54,55). The second-order valence-electron chi connectivity index (χ2n) is 15.1. The molecule has 3 N–H and O–H groups in total. The van der Waals surface area contributed by atoms with Crippen LogP contribution in [-0.4, -0.2) is 78.7 Å². The van der Waals surface area contributed by atoms with Gasteiger partial charge in [0.25, 0.3) is 5.91 Å². The second kappa shape index (κ2) is 16.4. The Balaban J connectivity index is 0.798. The number of likely N-dealkylation sites (tertiary alicyclic amines) is 1. The van der Waals surface area contributed by atoms with Gasteiger partial charge in [0.15, 0.2) is 5.65 Å². The van der Waals surface area contributed by atoms with E-state index in [1.165, 1.54) is 17.5 Å². The van der Waals surface area contributed by atoms with Crippen molar-refractivity contribution in [2.45, 2.75) is 62.0 Å². The molecule has 2 unspecified atom stereocenters. The lowest BCUT2D eigenvalue weighted by molar-refractivity contribution is -0.136. The Labute approximate surface area is 340 Å². The van der Waals surface area contributed by atoms with E-state index in [9.17, 15) is 14.4 Å². The first-order valence-electron chi connectivity index (χ1n) is 19.9. The third-order valence-corrected chi connectivity index (χ3v) is 12.5. The number of benzene rings is 4. The first-order valence-corrected chi connectivity index (χ1v) is 20.9. The molecule has 2 atom stereocenters. The van der Waals surface area contributed by atoms with Crippen molar-refractivity contribution in [3.63, 3.8) is 0 Å². The number of amides is 3. The lowest BCUT2D eigenvalue weighted by Gasteiger charge is -2.33.